The molecule has 0 radical (unpaired) electrons. The summed E-state index contributed by atoms with van der Waals surface area (Å²) in [7, 11) is 0. The molecular formula is C19H27ClFN3O2. The van der Waals surface area contributed by atoms with E-state index in [-0.39, 0.29) is 42.0 Å². The molecule has 26 heavy (non-hydrogen) atoms. The molecule has 0 bridgehead atoms. The molecule has 3 rings (SSSR count). The van der Waals surface area contributed by atoms with Crippen LogP contribution in [0.2, 0.25) is 0 Å². The number of halogens is 2. The number of likely N-dealkylation sites (tertiary alicyclic amines) is 1. The van der Waals surface area contributed by atoms with Crippen LogP contribution >= 0.6 is 12.4 Å². The molecule has 0 spiro atoms. The lowest BCUT2D eigenvalue weighted by Crippen LogP contribution is -2.51. The van der Waals surface area contributed by atoms with Crippen LogP contribution in [0, 0.1) is 11.7 Å². The Morgan fingerprint density at radius 1 is 1.23 bits per heavy atom. The second-order valence-corrected chi connectivity index (χ2v) is 7.18. The van der Waals surface area contributed by atoms with E-state index in [9.17, 15) is 14.0 Å². The number of benzene rings is 1. The van der Waals surface area contributed by atoms with E-state index >= 15 is 0 Å². The van der Waals surface area contributed by atoms with Gasteiger partial charge in [0.15, 0.2) is 0 Å². The molecule has 2 heterocycles. The van der Waals surface area contributed by atoms with Gasteiger partial charge in [-0.05, 0) is 63.4 Å². The summed E-state index contributed by atoms with van der Waals surface area (Å²) in [6.07, 6.45) is 3.50. The predicted molar refractivity (Wildman–Crippen MR) is 101 cm³/mol. The molecule has 2 fully saturated rings. The average molecular weight is 384 g/mol. The van der Waals surface area contributed by atoms with Crippen LogP contribution in [-0.4, -0.2) is 48.4 Å². The average Bonchev–Trinajstić information content (AvgIpc) is 2.62. The van der Waals surface area contributed by atoms with Gasteiger partial charge in [0.2, 0.25) is 5.91 Å². The van der Waals surface area contributed by atoms with Crippen molar-refractivity contribution in [2.24, 2.45) is 5.92 Å². The van der Waals surface area contributed by atoms with Crippen molar-refractivity contribution in [2.75, 3.05) is 19.6 Å². The van der Waals surface area contributed by atoms with E-state index < -0.39 is 0 Å². The Hall–Kier alpha value is -1.66. The molecule has 3 atom stereocenters. The van der Waals surface area contributed by atoms with Crippen LogP contribution in [0.4, 0.5) is 4.39 Å². The van der Waals surface area contributed by atoms with Crippen molar-refractivity contribution in [3.63, 3.8) is 0 Å². The van der Waals surface area contributed by atoms with Crippen molar-refractivity contribution in [1.82, 2.24) is 15.5 Å². The minimum atomic E-state index is -0.358. The van der Waals surface area contributed by atoms with E-state index in [4.69, 9.17) is 0 Å². The van der Waals surface area contributed by atoms with Crippen molar-refractivity contribution < 1.29 is 14.0 Å². The Kier molecular flexibility index (Phi) is 7.41. The summed E-state index contributed by atoms with van der Waals surface area (Å²) < 4.78 is 13.0. The SMILES string of the molecule is CC1CC(NC(=O)C2CCCN(C(=O)c3ccc(F)cc3)C2)CCN1.Cl. The first kappa shape index (κ1) is 20.6. The van der Waals surface area contributed by atoms with Crippen molar-refractivity contribution in [1.29, 1.82) is 0 Å². The zero-order chi connectivity index (χ0) is 17.8. The Balaban J connectivity index is 0.00000243. The van der Waals surface area contributed by atoms with Gasteiger partial charge in [0.05, 0.1) is 5.92 Å². The molecule has 0 aliphatic carbocycles. The summed E-state index contributed by atoms with van der Waals surface area (Å²) in [4.78, 5) is 26.9. The number of hydrogen-bond acceptors (Lipinski definition) is 3. The number of amides is 2. The van der Waals surface area contributed by atoms with Gasteiger partial charge in [-0.2, -0.15) is 0 Å². The highest BCUT2D eigenvalue weighted by molar-refractivity contribution is 5.94. The lowest BCUT2D eigenvalue weighted by atomic mass is 9.94. The lowest BCUT2D eigenvalue weighted by molar-refractivity contribution is -0.127. The topological polar surface area (TPSA) is 61.4 Å². The first-order valence-electron chi connectivity index (χ1n) is 9.11. The van der Waals surface area contributed by atoms with Gasteiger partial charge in [0.25, 0.3) is 5.91 Å². The molecule has 0 aromatic heterocycles. The number of rotatable bonds is 3. The minimum Gasteiger partial charge on any atom is -0.353 e. The van der Waals surface area contributed by atoms with Crippen molar-refractivity contribution in [2.45, 2.75) is 44.7 Å². The number of piperidine rings is 2. The van der Waals surface area contributed by atoms with E-state index in [0.717, 1.165) is 32.2 Å². The fourth-order valence-electron chi connectivity index (χ4n) is 3.73. The highest BCUT2D eigenvalue weighted by Crippen LogP contribution is 2.20. The van der Waals surface area contributed by atoms with Gasteiger partial charge in [0, 0.05) is 30.7 Å². The van der Waals surface area contributed by atoms with Crippen molar-refractivity contribution in [3.05, 3.63) is 35.6 Å². The normalized spacial score (nSPS) is 25.9. The summed E-state index contributed by atoms with van der Waals surface area (Å²) >= 11 is 0. The fourth-order valence-corrected chi connectivity index (χ4v) is 3.73. The van der Waals surface area contributed by atoms with Gasteiger partial charge in [-0.3, -0.25) is 9.59 Å². The maximum Gasteiger partial charge on any atom is 0.253 e. The standard InChI is InChI=1S/C19H26FN3O2.ClH/c1-13-11-17(8-9-21-13)22-18(24)15-3-2-10-23(12-15)19(25)14-4-6-16(20)7-5-14;/h4-7,13,15,17,21H,2-3,8-12H2,1H3,(H,22,24);1H. The highest BCUT2D eigenvalue weighted by Gasteiger charge is 2.30. The molecule has 0 saturated carbocycles. The summed E-state index contributed by atoms with van der Waals surface area (Å²) in [5, 5.41) is 6.54. The van der Waals surface area contributed by atoms with Gasteiger partial charge in [-0.1, -0.05) is 0 Å². The molecule has 1 aromatic carbocycles. The van der Waals surface area contributed by atoms with Crippen LogP contribution in [-0.2, 0) is 4.79 Å². The fraction of sp³-hybridized carbons (Fsp3) is 0.579. The number of nitrogens with zero attached hydrogens (tertiary/aromatic N) is 1. The molecule has 5 nitrogen and oxygen atoms in total. The summed E-state index contributed by atoms with van der Waals surface area (Å²) in [5.41, 5.74) is 0.467. The second kappa shape index (κ2) is 9.33. The van der Waals surface area contributed by atoms with Crippen LogP contribution in [0.5, 0.6) is 0 Å². The Morgan fingerprint density at radius 2 is 1.96 bits per heavy atom. The van der Waals surface area contributed by atoms with Gasteiger partial charge in [-0.25, -0.2) is 4.39 Å². The predicted octanol–water partition coefficient (Wildman–Crippen LogP) is 2.36. The maximum absolute atomic E-state index is 13.0. The van der Waals surface area contributed by atoms with Crippen LogP contribution in [0.25, 0.3) is 0 Å². The Bertz CT molecular complexity index is 626. The van der Waals surface area contributed by atoms with E-state index in [2.05, 4.69) is 17.6 Å². The number of carbonyl (C=O) groups is 2. The zero-order valence-electron chi connectivity index (χ0n) is 15.0. The largest absolute Gasteiger partial charge is 0.353 e. The maximum atomic E-state index is 13.0. The van der Waals surface area contributed by atoms with Gasteiger partial charge >= 0.3 is 0 Å². The first-order chi connectivity index (χ1) is 12.0. The van der Waals surface area contributed by atoms with Crippen molar-refractivity contribution >= 4 is 24.2 Å². The van der Waals surface area contributed by atoms with Crippen LogP contribution in [0.15, 0.2) is 24.3 Å². The van der Waals surface area contributed by atoms with E-state index in [1.54, 1.807) is 4.90 Å². The highest BCUT2D eigenvalue weighted by atomic mass is 35.5. The van der Waals surface area contributed by atoms with E-state index in [1.165, 1.54) is 24.3 Å². The lowest BCUT2D eigenvalue weighted by Gasteiger charge is -2.34. The van der Waals surface area contributed by atoms with Gasteiger partial charge in [0.1, 0.15) is 5.82 Å². The molecular weight excluding hydrogens is 357 g/mol. The second-order valence-electron chi connectivity index (χ2n) is 7.18. The van der Waals surface area contributed by atoms with Gasteiger partial charge < -0.3 is 15.5 Å². The van der Waals surface area contributed by atoms with Crippen LogP contribution in [0.1, 0.15) is 43.0 Å². The monoisotopic (exact) mass is 383 g/mol. The molecule has 144 valence electrons. The summed E-state index contributed by atoms with van der Waals surface area (Å²) in [5.74, 6) is -0.601. The Labute approximate surface area is 160 Å². The van der Waals surface area contributed by atoms with E-state index in [1.807, 2.05) is 0 Å². The molecule has 7 heteroatoms. The smallest absolute Gasteiger partial charge is 0.253 e. The minimum absolute atomic E-state index is 0. The Morgan fingerprint density at radius 3 is 2.65 bits per heavy atom. The van der Waals surface area contributed by atoms with Crippen molar-refractivity contribution in [3.8, 4) is 0 Å². The molecule has 1 aromatic rings. The molecule has 2 aliphatic heterocycles. The van der Waals surface area contributed by atoms with Crippen LogP contribution in [0.3, 0.4) is 0 Å². The number of carbonyl (C=O) groups excluding carboxylic acids is 2. The number of hydrogen-bond donors (Lipinski definition) is 2. The van der Waals surface area contributed by atoms with Gasteiger partial charge in [-0.15, -0.1) is 12.4 Å². The molecule has 2 saturated heterocycles. The first-order valence-corrected chi connectivity index (χ1v) is 9.11. The third-order valence-corrected chi connectivity index (χ3v) is 5.14. The third kappa shape index (κ3) is 5.17. The van der Waals surface area contributed by atoms with E-state index in [0.29, 0.717) is 24.7 Å². The zero-order valence-corrected chi connectivity index (χ0v) is 15.9. The number of nitrogens with one attached hydrogen (secondary N) is 2. The summed E-state index contributed by atoms with van der Waals surface area (Å²) in [6, 6.07) is 6.21. The molecule has 2 aliphatic rings. The summed E-state index contributed by atoms with van der Waals surface area (Å²) in [6.45, 7) is 4.13. The molecule has 3 unspecified atom stereocenters. The third-order valence-electron chi connectivity index (χ3n) is 5.14. The molecule has 2 amide bonds. The van der Waals surface area contributed by atoms with Crippen LogP contribution < -0.4 is 10.6 Å². The quantitative estimate of drug-likeness (QED) is 0.842. The molecule has 2 N–H and O–H groups in total.